The highest BCUT2D eigenvalue weighted by atomic mass is 35.5. The third-order valence-electron chi connectivity index (χ3n) is 4.33. The fraction of sp³-hybridized carbons (Fsp3) is 0.647. The molecule has 0 saturated carbocycles. The summed E-state index contributed by atoms with van der Waals surface area (Å²) in [4.78, 5) is 2.31. The SMILES string of the molecule is CCCS(=O)(=O)CCN1CCNCC1c1ccc(CC)cc1.Cl. The molecular formula is C17H29ClN2O2S. The Bertz CT molecular complexity index is 560. The largest absolute Gasteiger partial charge is 0.314 e. The Morgan fingerprint density at radius 2 is 1.87 bits per heavy atom. The molecule has 0 aliphatic carbocycles. The van der Waals surface area contributed by atoms with Crippen molar-refractivity contribution in [2.24, 2.45) is 0 Å². The van der Waals surface area contributed by atoms with E-state index < -0.39 is 9.84 Å². The number of nitrogens with one attached hydrogen (secondary N) is 1. The van der Waals surface area contributed by atoms with Crippen LogP contribution in [0.2, 0.25) is 0 Å². The highest BCUT2D eigenvalue weighted by Gasteiger charge is 2.24. The van der Waals surface area contributed by atoms with Crippen LogP contribution in [0.15, 0.2) is 24.3 Å². The van der Waals surface area contributed by atoms with Gasteiger partial charge in [-0.05, 0) is 24.0 Å². The smallest absolute Gasteiger partial charge is 0.151 e. The molecule has 0 bridgehead atoms. The van der Waals surface area contributed by atoms with Crippen molar-refractivity contribution in [1.82, 2.24) is 10.2 Å². The lowest BCUT2D eigenvalue weighted by Crippen LogP contribution is -2.47. The van der Waals surface area contributed by atoms with Gasteiger partial charge >= 0.3 is 0 Å². The van der Waals surface area contributed by atoms with Gasteiger partial charge in [0.2, 0.25) is 0 Å². The van der Waals surface area contributed by atoms with Crippen molar-refractivity contribution in [2.45, 2.75) is 32.7 Å². The van der Waals surface area contributed by atoms with E-state index in [2.05, 4.69) is 41.4 Å². The van der Waals surface area contributed by atoms with E-state index in [1.807, 2.05) is 6.92 Å². The summed E-state index contributed by atoms with van der Waals surface area (Å²) < 4.78 is 23.9. The van der Waals surface area contributed by atoms with Crippen LogP contribution >= 0.6 is 12.4 Å². The summed E-state index contributed by atoms with van der Waals surface area (Å²) in [7, 11) is -2.91. The van der Waals surface area contributed by atoms with Gasteiger partial charge in [-0.1, -0.05) is 38.1 Å². The van der Waals surface area contributed by atoms with Gasteiger partial charge < -0.3 is 5.32 Å². The first-order chi connectivity index (χ1) is 10.6. The summed E-state index contributed by atoms with van der Waals surface area (Å²) in [5, 5.41) is 3.42. The maximum absolute atomic E-state index is 12.0. The number of aryl methyl sites for hydroxylation is 1. The van der Waals surface area contributed by atoms with Crippen LogP contribution in [0.4, 0.5) is 0 Å². The molecule has 1 atom stereocenters. The average Bonchev–Trinajstić information content (AvgIpc) is 2.53. The third-order valence-corrected chi connectivity index (χ3v) is 6.17. The number of hydrogen-bond acceptors (Lipinski definition) is 4. The summed E-state index contributed by atoms with van der Waals surface area (Å²) in [6.45, 7) is 7.42. The predicted molar refractivity (Wildman–Crippen MR) is 99.2 cm³/mol. The van der Waals surface area contributed by atoms with E-state index in [0.29, 0.717) is 18.7 Å². The highest BCUT2D eigenvalue weighted by molar-refractivity contribution is 7.91. The summed E-state index contributed by atoms with van der Waals surface area (Å²) in [5.74, 6) is 0.569. The van der Waals surface area contributed by atoms with Gasteiger partial charge in [-0.15, -0.1) is 12.4 Å². The highest BCUT2D eigenvalue weighted by Crippen LogP contribution is 2.22. The van der Waals surface area contributed by atoms with Crippen molar-refractivity contribution in [1.29, 1.82) is 0 Å². The van der Waals surface area contributed by atoms with Crippen LogP contribution in [0.1, 0.15) is 37.4 Å². The third kappa shape index (κ3) is 6.07. The van der Waals surface area contributed by atoms with Gasteiger partial charge in [-0.3, -0.25) is 4.90 Å². The van der Waals surface area contributed by atoms with Crippen LogP contribution in [0, 0.1) is 0 Å². The Morgan fingerprint density at radius 3 is 2.48 bits per heavy atom. The van der Waals surface area contributed by atoms with Crippen LogP contribution < -0.4 is 5.32 Å². The zero-order valence-corrected chi connectivity index (χ0v) is 15.8. The molecule has 0 spiro atoms. The minimum Gasteiger partial charge on any atom is -0.314 e. The molecule has 0 radical (unpaired) electrons. The molecule has 1 aromatic rings. The van der Waals surface area contributed by atoms with Crippen LogP contribution in [0.25, 0.3) is 0 Å². The first-order valence-electron chi connectivity index (χ1n) is 8.29. The first-order valence-corrected chi connectivity index (χ1v) is 10.1. The molecule has 0 amide bonds. The van der Waals surface area contributed by atoms with Crippen LogP contribution in [0.5, 0.6) is 0 Å². The van der Waals surface area contributed by atoms with E-state index >= 15 is 0 Å². The van der Waals surface area contributed by atoms with Crippen molar-refractivity contribution in [2.75, 3.05) is 37.7 Å². The number of hydrogen-bond donors (Lipinski definition) is 1. The molecule has 1 unspecified atom stereocenters. The molecule has 2 rings (SSSR count). The predicted octanol–water partition coefficient (Wildman–Crippen LogP) is 2.44. The van der Waals surface area contributed by atoms with Crippen molar-refractivity contribution in [3.63, 3.8) is 0 Å². The second-order valence-corrected chi connectivity index (χ2v) is 8.31. The number of nitrogens with zero attached hydrogens (tertiary/aromatic N) is 1. The average molecular weight is 361 g/mol. The second-order valence-electron chi connectivity index (χ2n) is 6.00. The number of benzene rings is 1. The number of halogens is 1. The maximum atomic E-state index is 12.0. The summed E-state index contributed by atoms with van der Waals surface area (Å²) >= 11 is 0. The van der Waals surface area contributed by atoms with Crippen molar-refractivity contribution in [3.8, 4) is 0 Å². The maximum Gasteiger partial charge on any atom is 0.151 e. The van der Waals surface area contributed by atoms with Gasteiger partial charge in [-0.2, -0.15) is 0 Å². The van der Waals surface area contributed by atoms with E-state index in [4.69, 9.17) is 0 Å². The lowest BCUT2D eigenvalue weighted by Gasteiger charge is -2.36. The molecule has 1 aliphatic heterocycles. The van der Waals surface area contributed by atoms with Gasteiger partial charge in [0.25, 0.3) is 0 Å². The fourth-order valence-electron chi connectivity index (χ4n) is 2.99. The quantitative estimate of drug-likeness (QED) is 0.811. The Kier molecular flexibility index (Phi) is 8.54. The van der Waals surface area contributed by atoms with Crippen LogP contribution in [-0.2, 0) is 16.3 Å². The zero-order valence-electron chi connectivity index (χ0n) is 14.1. The van der Waals surface area contributed by atoms with Crippen molar-refractivity contribution >= 4 is 22.2 Å². The van der Waals surface area contributed by atoms with Crippen LogP contribution in [-0.4, -0.2) is 51.0 Å². The van der Waals surface area contributed by atoms with Crippen molar-refractivity contribution < 1.29 is 8.42 Å². The van der Waals surface area contributed by atoms with Gasteiger partial charge in [-0.25, -0.2) is 8.42 Å². The second kappa shape index (κ2) is 9.62. The number of piperazine rings is 1. The van der Waals surface area contributed by atoms with E-state index in [9.17, 15) is 8.42 Å². The summed E-state index contributed by atoms with van der Waals surface area (Å²) in [6.07, 6.45) is 1.74. The van der Waals surface area contributed by atoms with Gasteiger partial charge in [0, 0.05) is 38.0 Å². The molecule has 23 heavy (non-hydrogen) atoms. The van der Waals surface area contributed by atoms with E-state index in [-0.39, 0.29) is 24.2 Å². The van der Waals surface area contributed by atoms with Crippen LogP contribution in [0.3, 0.4) is 0 Å². The lowest BCUT2D eigenvalue weighted by atomic mass is 10.0. The van der Waals surface area contributed by atoms with Gasteiger partial charge in [0.05, 0.1) is 5.75 Å². The van der Waals surface area contributed by atoms with Gasteiger partial charge in [0.15, 0.2) is 9.84 Å². The molecule has 1 aromatic carbocycles. The minimum absolute atomic E-state index is 0. The monoisotopic (exact) mass is 360 g/mol. The van der Waals surface area contributed by atoms with Gasteiger partial charge in [0.1, 0.15) is 0 Å². The Labute approximate surface area is 147 Å². The fourth-order valence-corrected chi connectivity index (χ4v) is 4.33. The molecule has 132 valence electrons. The number of rotatable bonds is 7. The summed E-state index contributed by atoms with van der Waals surface area (Å²) in [5.41, 5.74) is 2.61. The standard InChI is InChI=1S/C17H28N2O2S.ClH/c1-3-12-22(20,21)13-11-19-10-9-18-14-17(19)16-7-5-15(4-2)6-8-16;/h5-8,17-18H,3-4,9-14H2,1-2H3;1H. The Balaban J connectivity index is 0.00000264. The summed E-state index contributed by atoms with van der Waals surface area (Å²) in [6, 6.07) is 9.00. The first kappa shape index (κ1) is 20.4. The molecule has 6 heteroatoms. The molecule has 4 nitrogen and oxygen atoms in total. The Morgan fingerprint density at radius 1 is 1.17 bits per heavy atom. The molecule has 1 heterocycles. The number of sulfone groups is 1. The molecule has 0 aromatic heterocycles. The van der Waals surface area contributed by atoms with E-state index in [0.717, 1.165) is 26.1 Å². The molecular weight excluding hydrogens is 332 g/mol. The normalized spacial score (nSPS) is 19.3. The van der Waals surface area contributed by atoms with E-state index in [1.54, 1.807) is 0 Å². The zero-order chi connectivity index (χ0) is 16.0. The Hall–Kier alpha value is -0.620. The molecule has 1 aliphatic rings. The molecule has 1 saturated heterocycles. The molecule has 1 fully saturated rings. The molecule has 1 N–H and O–H groups in total. The van der Waals surface area contributed by atoms with Crippen molar-refractivity contribution in [3.05, 3.63) is 35.4 Å². The topological polar surface area (TPSA) is 49.4 Å². The minimum atomic E-state index is -2.91. The van der Waals surface area contributed by atoms with E-state index in [1.165, 1.54) is 11.1 Å². The lowest BCUT2D eigenvalue weighted by molar-refractivity contribution is 0.172.